The van der Waals surface area contributed by atoms with Crippen molar-refractivity contribution < 1.29 is 9.18 Å². The Labute approximate surface area is 140 Å². The van der Waals surface area contributed by atoms with E-state index in [-0.39, 0.29) is 23.7 Å². The highest BCUT2D eigenvalue weighted by molar-refractivity contribution is 5.80. The SMILES string of the molecule is O=C(N[C@@H](c1ccc(F)cc1)c1ccccn1)[C@@H]1C[C@H]2C=C[C@H]1C2. The number of halogens is 1. The largest absolute Gasteiger partial charge is 0.343 e. The van der Waals surface area contributed by atoms with Crippen LogP contribution in [0.2, 0.25) is 0 Å². The van der Waals surface area contributed by atoms with Crippen LogP contribution in [0.3, 0.4) is 0 Å². The molecule has 3 nitrogen and oxygen atoms in total. The predicted octanol–water partition coefficient (Wildman–Crippen LogP) is 3.64. The first kappa shape index (κ1) is 15.1. The molecule has 4 atom stereocenters. The standard InChI is InChI=1S/C20H19FN2O/c21-16-8-6-14(7-9-16)19(18-3-1-2-10-22-18)23-20(24)17-12-13-4-5-15(17)11-13/h1-10,13,15,17,19H,11-12H2,(H,23,24)/t13-,15-,17+,19-/m0/s1. The molecule has 1 fully saturated rings. The zero-order valence-electron chi connectivity index (χ0n) is 13.2. The second-order valence-corrected chi connectivity index (χ2v) is 6.63. The van der Waals surface area contributed by atoms with Crippen molar-refractivity contribution in [2.75, 3.05) is 0 Å². The maximum absolute atomic E-state index is 13.3. The molecule has 0 spiro atoms. The van der Waals surface area contributed by atoms with Gasteiger partial charge < -0.3 is 5.32 Å². The van der Waals surface area contributed by atoms with E-state index in [4.69, 9.17) is 0 Å². The highest BCUT2D eigenvalue weighted by Gasteiger charge is 2.40. The molecule has 1 saturated carbocycles. The number of nitrogens with zero attached hydrogens (tertiary/aromatic N) is 1. The van der Waals surface area contributed by atoms with Gasteiger partial charge in [-0.2, -0.15) is 0 Å². The van der Waals surface area contributed by atoms with E-state index in [1.165, 1.54) is 12.1 Å². The maximum atomic E-state index is 13.3. The van der Waals surface area contributed by atoms with Gasteiger partial charge in [0.1, 0.15) is 5.82 Å². The van der Waals surface area contributed by atoms with Crippen LogP contribution in [-0.2, 0) is 4.79 Å². The van der Waals surface area contributed by atoms with Crippen molar-refractivity contribution in [3.63, 3.8) is 0 Å². The summed E-state index contributed by atoms with van der Waals surface area (Å²) >= 11 is 0. The smallest absolute Gasteiger partial charge is 0.224 e. The van der Waals surface area contributed by atoms with E-state index in [2.05, 4.69) is 22.5 Å². The molecule has 1 aromatic carbocycles. The normalized spacial score (nSPS) is 25.6. The van der Waals surface area contributed by atoms with Crippen LogP contribution in [0.1, 0.15) is 30.1 Å². The van der Waals surface area contributed by atoms with Crippen LogP contribution >= 0.6 is 0 Å². The molecule has 2 bridgehead atoms. The molecule has 0 radical (unpaired) electrons. The molecule has 2 aromatic rings. The summed E-state index contributed by atoms with van der Waals surface area (Å²) in [7, 11) is 0. The molecule has 2 aliphatic carbocycles. The molecule has 4 heteroatoms. The van der Waals surface area contributed by atoms with Crippen molar-refractivity contribution in [3.8, 4) is 0 Å². The van der Waals surface area contributed by atoms with Gasteiger partial charge in [0.25, 0.3) is 0 Å². The Bertz CT molecular complexity index is 757. The van der Waals surface area contributed by atoms with Gasteiger partial charge in [-0.15, -0.1) is 0 Å². The van der Waals surface area contributed by atoms with Gasteiger partial charge in [0.2, 0.25) is 5.91 Å². The van der Waals surface area contributed by atoms with Gasteiger partial charge in [0.05, 0.1) is 11.7 Å². The Kier molecular flexibility index (Phi) is 3.89. The second-order valence-electron chi connectivity index (χ2n) is 6.63. The fourth-order valence-electron chi connectivity index (χ4n) is 3.86. The Morgan fingerprint density at radius 1 is 1.12 bits per heavy atom. The zero-order valence-corrected chi connectivity index (χ0v) is 13.2. The molecular formula is C20H19FN2O. The second kappa shape index (κ2) is 6.19. The molecule has 1 aromatic heterocycles. The third-order valence-corrected chi connectivity index (χ3v) is 5.09. The molecule has 4 rings (SSSR count). The van der Waals surface area contributed by atoms with Crippen LogP contribution in [0.5, 0.6) is 0 Å². The highest BCUT2D eigenvalue weighted by atomic mass is 19.1. The number of benzene rings is 1. The van der Waals surface area contributed by atoms with Crippen LogP contribution in [-0.4, -0.2) is 10.9 Å². The lowest BCUT2D eigenvalue weighted by Gasteiger charge is -2.23. The van der Waals surface area contributed by atoms with Crippen LogP contribution in [0.15, 0.2) is 60.8 Å². The Balaban J connectivity index is 1.60. The van der Waals surface area contributed by atoms with E-state index in [1.807, 2.05) is 18.2 Å². The number of allylic oxidation sites excluding steroid dienone is 2. The summed E-state index contributed by atoms with van der Waals surface area (Å²) in [4.78, 5) is 17.2. The van der Waals surface area contributed by atoms with Crippen molar-refractivity contribution in [2.24, 2.45) is 17.8 Å². The molecule has 1 amide bonds. The number of nitrogens with one attached hydrogen (secondary N) is 1. The van der Waals surface area contributed by atoms with Crippen LogP contribution in [0, 0.1) is 23.6 Å². The first-order valence-electron chi connectivity index (χ1n) is 8.36. The molecule has 1 heterocycles. The number of carbonyl (C=O) groups excluding carboxylic acids is 1. The fourth-order valence-corrected chi connectivity index (χ4v) is 3.86. The molecular weight excluding hydrogens is 303 g/mol. The number of hydrogen-bond acceptors (Lipinski definition) is 2. The number of amides is 1. The lowest BCUT2D eigenvalue weighted by atomic mass is 9.92. The highest BCUT2D eigenvalue weighted by Crippen LogP contribution is 2.43. The number of aromatic nitrogens is 1. The summed E-state index contributed by atoms with van der Waals surface area (Å²) < 4.78 is 13.3. The van der Waals surface area contributed by atoms with Crippen molar-refractivity contribution in [3.05, 3.63) is 77.9 Å². The van der Waals surface area contributed by atoms with Crippen molar-refractivity contribution in [2.45, 2.75) is 18.9 Å². The summed E-state index contributed by atoms with van der Waals surface area (Å²) in [6, 6.07) is 11.5. The lowest BCUT2D eigenvalue weighted by Crippen LogP contribution is -2.36. The third-order valence-electron chi connectivity index (χ3n) is 5.09. The number of pyridine rings is 1. The molecule has 0 unspecified atom stereocenters. The summed E-state index contributed by atoms with van der Waals surface area (Å²) in [5.74, 6) is 0.707. The Morgan fingerprint density at radius 2 is 1.96 bits per heavy atom. The molecule has 24 heavy (non-hydrogen) atoms. The lowest BCUT2D eigenvalue weighted by molar-refractivity contribution is -0.126. The van der Waals surface area contributed by atoms with Gasteiger partial charge in [-0.3, -0.25) is 9.78 Å². The van der Waals surface area contributed by atoms with E-state index in [1.54, 1.807) is 18.3 Å². The summed E-state index contributed by atoms with van der Waals surface area (Å²) in [5, 5.41) is 3.14. The average Bonchev–Trinajstić information content (AvgIpc) is 3.24. The number of carbonyl (C=O) groups is 1. The third kappa shape index (κ3) is 2.84. The number of hydrogen-bond donors (Lipinski definition) is 1. The van der Waals surface area contributed by atoms with Crippen molar-refractivity contribution >= 4 is 5.91 Å². The van der Waals surface area contributed by atoms with Gasteiger partial charge in [-0.05, 0) is 54.5 Å². The molecule has 0 saturated heterocycles. The van der Waals surface area contributed by atoms with Gasteiger partial charge in [0.15, 0.2) is 0 Å². The molecule has 0 aliphatic heterocycles. The van der Waals surface area contributed by atoms with Crippen LogP contribution in [0.4, 0.5) is 4.39 Å². The first-order valence-corrected chi connectivity index (χ1v) is 8.36. The molecule has 1 N–H and O–H groups in total. The minimum Gasteiger partial charge on any atom is -0.343 e. The topological polar surface area (TPSA) is 42.0 Å². The maximum Gasteiger partial charge on any atom is 0.224 e. The average molecular weight is 322 g/mol. The van der Waals surface area contributed by atoms with Crippen LogP contribution < -0.4 is 5.32 Å². The van der Waals surface area contributed by atoms with E-state index in [9.17, 15) is 9.18 Å². The van der Waals surface area contributed by atoms with Gasteiger partial charge in [0, 0.05) is 12.1 Å². The summed E-state index contributed by atoms with van der Waals surface area (Å²) in [6.07, 6.45) is 8.11. The fraction of sp³-hybridized carbons (Fsp3) is 0.300. The number of fused-ring (bicyclic) bond motifs is 2. The van der Waals surface area contributed by atoms with E-state index in [0.717, 1.165) is 24.1 Å². The Morgan fingerprint density at radius 3 is 2.58 bits per heavy atom. The molecule has 2 aliphatic rings. The van der Waals surface area contributed by atoms with Gasteiger partial charge in [-0.25, -0.2) is 4.39 Å². The van der Waals surface area contributed by atoms with Gasteiger partial charge >= 0.3 is 0 Å². The minimum absolute atomic E-state index is 0.0339. The summed E-state index contributed by atoms with van der Waals surface area (Å²) in [5.41, 5.74) is 1.60. The van der Waals surface area contributed by atoms with Crippen molar-refractivity contribution in [1.82, 2.24) is 10.3 Å². The zero-order chi connectivity index (χ0) is 16.5. The van der Waals surface area contributed by atoms with E-state index < -0.39 is 0 Å². The first-order chi connectivity index (χ1) is 11.7. The van der Waals surface area contributed by atoms with Gasteiger partial charge in [-0.1, -0.05) is 30.4 Å². The minimum atomic E-state index is -0.359. The van der Waals surface area contributed by atoms with E-state index >= 15 is 0 Å². The predicted molar refractivity (Wildman–Crippen MR) is 89.5 cm³/mol. The monoisotopic (exact) mass is 322 g/mol. The van der Waals surface area contributed by atoms with E-state index in [0.29, 0.717) is 11.8 Å². The number of rotatable bonds is 4. The van der Waals surface area contributed by atoms with Crippen LogP contribution in [0.25, 0.3) is 0 Å². The quantitative estimate of drug-likeness (QED) is 0.873. The molecule has 122 valence electrons. The summed E-state index contributed by atoms with van der Waals surface area (Å²) in [6.45, 7) is 0. The van der Waals surface area contributed by atoms with Crippen molar-refractivity contribution in [1.29, 1.82) is 0 Å². The Hall–Kier alpha value is -2.49.